The molecule has 14 heavy (non-hydrogen) atoms. The molecule has 0 aliphatic heterocycles. The molecule has 0 spiro atoms. The van der Waals surface area contributed by atoms with Crippen molar-refractivity contribution in [1.29, 1.82) is 0 Å². The molecule has 7 heteroatoms. The summed E-state index contributed by atoms with van der Waals surface area (Å²) < 4.78 is 37.0. The number of rotatable bonds is 2. The van der Waals surface area contributed by atoms with Crippen molar-refractivity contribution in [1.82, 2.24) is 4.98 Å². The number of H-pyrrole nitrogens is 1. The third-order valence-electron chi connectivity index (χ3n) is 1.48. The molecular formula is C7H3ClF3NO2. The van der Waals surface area contributed by atoms with Gasteiger partial charge in [-0.3, -0.25) is 9.59 Å². The van der Waals surface area contributed by atoms with Gasteiger partial charge in [0.2, 0.25) is 5.43 Å². The summed E-state index contributed by atoms with van der Waals surface area (Å²) in [5.74, 6) is -1.59. The minimum Gasteiger partial charge on any atom is -0.355 e. The van der Waals surface area contributed by atoms with E-state index in [9.17, 15) is 22.8 Å². The molecule has 0 bridgehead atoms. The van der Waals surface area contributed by atoms with Gasteiger partial charge in [-0.05, 0) is 11.6 Å². The van der Waals surface area contributed by atoms with E-state index in [1.165, 1.54) is 0 Å². The molecule has 0 aromatic carbocycles. The zero-order chi connectivity index (χ0) is 10.9. The van der Waals surface area contributed by atoms with Crippen molar-refractivity contribution in [3.8, 4) is 0 Å². The van der Waals surface area contributed by atoms with E-state index in [1.807, 2.05) is 4.98 Å². The molecular weight excluding hydrogens is 223 g/mol. The second kappa shape index (κ2) is 3.83. The molecule has 0 radical (unpaired) electrons. The largest absolute Gasteiger partial charge is 0.355 e. The van der Waals surface area contributed by atoms with Crippen molar-refractivity contribution in [2.45, 2.75) is 6.43 Å². The van der Waals surface area contributed by atoms with Gasteiger partial charge in [-0.15, -0.1) is 0 Å². The second-order valence-corrected chi connectivity index (χ2v) is 2.68. The van der Waals surface area contributed by atoms with Gasteiger partial charge in [0, 0.05) is 6.20 Å². The summed E-state index contributed by atoms with van der Waals surface area (Å²) >= 11 is 4.88. The molecule has 0 aliphatic rings. The summed E-state index contributed by atoms with van der Waals surface area (Å²) in [5, 5.41) is -1.25. The number of hydrogen-bond donors (Lipinski definition) is 1. The number of aromatic nitrogens is 1. The Morgan fingerprint density at radius 2 is 2.07 bits per heavy atom. The first-order valence-corrected chi connectivity index (χ1v) is 3.72. The molecule has 0 saturated carbocycles. The summed E-state index contributed by atoms with van der Waals surface area (Å²) in [4.78, 5) is 23.2. The summed E-state index contributed by atoms with van der Waals surface area (Å²) in [7, 11) is 0. The first-order valence-electron chi connectivity index (χ1n) is 3.34. The van der Waals surface area contributed by atoms with Gasteiger partial charge in [-0.1, -0.05) is 0 Å². The van der Waals surface area contributed by atoms with Crippen LogP contribution in [0.4, 0.5) is 13.2 Å². The fourth-order valence-electron chi connectivity index (χ4n) is 0.824. The van der Waals surface area contributed by atoms with Crippen molar-refractivity contribution in [2.75, 3.05) is 0 Å². The number of hydrogen-bond acceptors (Lipinski definition) is 2. The predicted molar refractivity (Wildman–Crippen MR) is 42.2 cm³/mol. The molecule has 76 valence electrons. The van der Waals surface area contributed by atoms with Gasteiger partial charge in [-0.2, -0.15) is 0 Å². The van der Waals surface area contributed by atoms with Crippen LogP contribution in [0.5, 0.6) is 0 Å². The predicted octanol–water partition coefficient (Wildman–Crippen LogP) is 1.83. The zero-order valence-electron chi connectivity index (χ0n) is 6.48. The van der Waals surface area contributed by atoms with Gasteiger partial charge in [0.25, 0.3) is 11.7 Å². The van der Waals surface area contributed by atoms with Crippen molar-refractivity contribution in [3.05, 3.63) is 33.5 Å². The Morgan fingerprint density at radius 3 is 2.50 bits per heavy atom. The maximum absolute atomic E-state index is 12.9. The number of aromatic amines is 1. The van der Waals surface area contributed by atoms with E-state index < -0.39 is 34.2 Å². The standard InChI is InChI=1S/C7H3ClF3NO2/c8-6(14)4-3(9)5(13)2(1-12-4)7(10)11/h1,7H,(H,12,13). The van der Waals surface area contributed by atoms with Crippen molar-refractivity contribution >= 4 is 16.8 Å². The number of halogens is 4. The van der Waals surface area contributed by atoms with Crippen LogP contribution in [0.1, 0.15) is 22.5 Å². The lowest BCUT2D eigenvalue weighted by molar-refractivity contribution is 0.107. The molecule has 0 fully saturated rings. The number of pyridine rings is 1. The fraction of sp³-hybridized carbons (Fsp3) is 0.143. The molecule has 0 saturated heterocycles. The molecule has 0 aliphatic carbocycles. The molecule has 1 heterocycles. The van der Waals surface area contributed by atoms with Gasteiger partial charge >= 0.3 is 0 Å². The van der Waals surface area contributed by atoms with Crippen LogP contribution < -0.4 is 5.43 Å². The molecule has 0 unspecified atom stereocenters. The molecule has 1 aromatic rings. The highest BCUT2D eigenvalue weighted by molar-refractivity contribution is 6.67. The number of alkyl halides is 2. The van der Waals surface area contributed by atoms with Crippen LogP contribution in [0.2, 0.25) is 0 Å². The number of carbonyl (C=O) groups excluding carboxylic acids is 1. The highest BCUT2D eigenvalue weighted by Gasteiger charge is 2.20. The van der Waals surface area contributed by atoms with Gasteiger partial charge in [0.1, 0.15) is 5.69 Å². The maximum Gasteiger partial charge on any atom is 0.271 e. The summed E-state index contributed by atoms with van der Waals surface area (Å²) in [5.41, 5.74) is -3.38. The van der Waals surface area contributed by atoms with E-state index in [0.29, 0.717) is 6.20 Å². The Morgan fingerprint density at radius 1 is 1.50 bits per heavy atom. The quantitative estimate of drug-likeness (QED) is 0.781. The van der Waals surface area contributed by atoms with Crippen LogP contribution in [0, 0.1) is 5.82 Å². The smallest absolute Gasteiger partial charge is 0.271 e. The third-order valence-corrected chi connectivity index (χ3v) is 1.67. The Balaban J connectivity index is 3.42. The number of nitrogens with one attached hydrogen (secondary N) is 1. The lowest BCUT2D eigenvalue weighted by Gasteiger charge is -2.00. The molecule has 0 amide bonds. The summed E-state index contributed by atoms with van der Waals surface area (Å²) in [6.45, 7) is 0. The van der Waals surface area contributed by atoms with Gasteiger partial charge in [0.05, 0.1) is 5.56 Å². The fourth-order valence-corrected chi connectivity index (χ4v) is 0.962. The Labute approximate surface area is 80.5 Å². The van der Waals surface area contributed by atoms with E-state index in [0.717, 1.165) is 0 Å². The Bertz CT molecular complexity index is 429. The highest BCUT2D eigenvalue weighted by atomic mass is 35.5. The van der Waals surface area contributed by atoms with Crippen molar-refractivity contribution in [2.24, 2.45) is 0 Å². The monoisotopic (exact) mass is 225 g/mol. The van der Waals surface area contributed by atoms with Crippen LogP contribution in [0.25, 0.3) is 0 Å². The van der Waals surface area contributed by atoms with Crippen LogP contribution >= 0.6 is 11.6 Å². The van der Waals surface area contributed by atoms with E-state index in [2.05, 4.69) is 0 Å². The van der Waals surface area contributed by atoms with E-state index in [-0.39, 0.29) is 0 Å². The Kier molecular flexibility index (Phi) is 2.95. The van der Waals surface area contributed by atoms with Crippen LogP contribution in [-0.2, 0) is 0 Å². The minimum atomic E-state index is -3.10. The first kappa shape index (κ1) is 10.8. The number of carbonyl (C=O) groups is 1. The van der Waals surface area contributed by atoms with E-state index >= 15 is 0 Å². The van der Waals surface area contributed by atoms with Crippen molar-refractivity contribution < 1.29 is 18.0 Å². The minimum absolute atomic E-state index is 0.561. The topological polar surface area (TPSA) is 49.9 Å². The average molecular weight is 226 g/mol. The molecule has 1 N–H and O–H groups in total. The van der Waals surface area contributed by atoms with Gasteiger partial charge in [0.15, 0.2) is 5.82 Å². The van der Waals surface area contributed by atoms with Crippen LogP contribution in [0.3, 0.4) is 0 Å². The average Bonchev–Trinajstić information content (AvgIpc) is 2.08. The van der Waals surface area contributed by atoms with Crippen LogP contribution in [-0.4, -0.2) is 10.2 Å². The second-order valence-electron chi connectivity index (χ2n) is 2.34. The van der Waals surface area contributed by atoms with E-state index in [4.69, 9.17) is 11.6 Å². The molecule has 0 atom stereocenters. The lowest BCUT2D eigenvalue weighted by Crippen LogP contribution is -2.18. The summed E-state index contributed by atoms with van der Waals surface area (Å²) in [6, 6.07) is 0. The van der Waals surface area contributed by atoms with Gasteiger partial charge in [-0.25, -0.2) is 13.2 Å². The highest BCUT2D eigenvalue weighted by Crippen LogP contribution is 2.15. The van der Waals surface area contributed by atoms with Crippen LogP contribution in [0.15, 0.2) is 11.0 Å². The van der Waals surface area contributed by atoms with Gasteiger partial charge < -0.3 is 4.98 Å². The molecule has 1 aromatic heterocycles. The zero-order valence-corrected chi connectivity index (χ0v) is 7.24. The van der Waals surface area contributed by atoms with E-state index in [1.54, 1.807) is 0 Å². The van der Waals surface area contributed by atoms with Crippen molar-refractivity contribution in [3.63, 3.8) is 0 Å². The summed E-state index contributed by atoms with van der Waals surface area (Å²) in [6.07, 6.45) is -2.54. The molecule has 1 rings (SSSR count). The third kappa shape index (κ3) is 1.79. The first-order chi connectivity index (χ1) is 6.45. The Hall–Kier alpha value is -1.30. The SMILES string of the molecule is O=C(Cl)c1[nH]cc(C(F)F)c(=O)c1F. The molecule has 3 nitrogen and oxygen atoms in total. The normalized spacial score (nSPS) is 10.6. The lowest BCUT2D eigenvalue weighted by atomic mass is 10.2. The maximum atomic E-state index is 12.9.